The van der Waals surface area contributed by atoms with E-state index in [0.717, 1.165) is 0 Å². The Morgan fingerprint density at radius 1 is 1.26 bits per heavy atom. The van der Waals surface area contributed by atoms with E-state index in [2.05, 4.69) is 21.7 Å². The number of pyridine rings is 1. The fourth-order valence-electron chi connectivity index (χ4n) is 1.57. The summed E-state index contributed by atoms with van der Waals surface area (Å²) in [5, 5.41) is 14.7. The molecule has 2 rings (SSSR count). The Hall–Kier alpha value is -2.87. The van der Waals surface area contributed by atoms with E-state index in [1.807, 2.05) is 12.1 Å². The van der Waals surface area contributed by atoms with Crippen molar-refractivity contribution in [2.45, 2.75) is 6.92 Å². The molecule has 2 N–H and O–H groups in total. The van der Waals surface area contributed by atoms with Crippen LogP contribution in [-0.4, -0.2) is 10.9 Å². The summed E-state index contributed by atoms with van der Waals surface area (Å²) in [4.78, 5) is 15.0. The Morgan fingerprint density at radius 2 is 2.05 bits per heavy atom. The minimum absolute atomic E-state index is 0.141. The molecule has 0 aliphatic carbocycles. The molecule has 0 spiro atoms. The summed E-state index contributed by atoms with van der Waals surface area (Å²) in [6, 6.07) is 12.8. The minimum Gasteiger partial charge on any atom is -0.339 e. The van der Waals surface area contributed by atoms with Gasteiger partial charge < -0.3 is 10.6 Å². The first-order chi connectivity index (χ1) is 9.19. The molecule has 94 valence electrons. The molecule has 1 amide bonds. The minimum atomic E-state index is -0.141. The maximum atomic E-state index is 10.9. The Labute approximate surface area is 110 Å². The van der Waals surface area contributed by atoms with E-state index in [1.54, 1.807) is 30.5 Å². The summed E-state index contributed by atoms with van der Waals surface area (Å²) in [7, 11) is 0. The molecule has 0 saturated heterocycles. The van der Waals surface area contributed by atoms with Gasteiger partial charge in [0.1, 0.15) is 11.9 Å². The largest absolute Gasteiger partial charge is 0.339 e. The lowest BCUT2D eigenvalue weighted by Crippen LogP contribution is -2.06. The van der Waals surface area contributed by atoms with Crippen molar-refractivity contribution in [2.24, 2.45) is 0 Å². The molecule has 1 heterocycles. The van der Waals surface area contributed by atoms with Gasteiger partial charge in [0.25, 0.3) is 0 Å². The highest BCUT2D eigenvalue weighted by Crippen LogP contribution is 2.19. The number of carbonyl (C=O) groups is 1. The van der Waals surface area contributed by atoms with E-state index in [1.165, 1.54) is 6.92 Å². The molecule has 0 atom stereocenters. The van der Waals surface area contributed by atoms with Crippen LogP contribution in [0.2, 0.25) is 0 Å². The summed E-state index contributed by atoms with van der Waals surface area (Å²) in [6.45, 7) is 1.44. The van der Waals surface area contributed by atoms with E-state index in [0.29, 0.717) is 22.8 Å². The van der Waals surface area contributed by atoms with Crippen molar-refractivity contribution in [1.29, 1.82) is 5.26 Å². The summed E-state index contributed by atoms with van der Waals surface area (Å²) in [6.07, 6.45) is 1.55. The fraction of sp³-hybridized carbons (Fsp3) is 0.0714. The van der Waals surface area contributed by atoms with Gasteiger partial charge in [-0.1, -0.05) is 12.1 Å². The van der Waals surface area contributed by atoms with Crippen LogP contribution in [0.15, 0.2) is 42.6 Å². The summed E-state index contributed by atoms with van der Waals surface area (Å²) in [5.41, 5.74) is 1.88. The van der Waals surface area contributed by atoms with Crippen molar-refractivity contribution >= 4 is 23.1 Å². The average molecular weight is 252 g/mol. The Bertz CT molecular complexity index is 629. The second kappa shape index (κ2) is 5.65. The number of anilines is 3. The first-order valence-electron chi connectivity index (χ1n) is 5.69. The molecule has 0 bridgehead atoms. The van der Waals surface area contributed by atoms with Gasteiger partial charge in [-0.05, 0) is 24.3 Å². The molecule has 1 aromatic heterocycles. The standard InChI is InChI=1S/C14H12N4O/c1-10(19)17-12-6-7-14(16-9-12)18-13-5-3-2-4-11(13)8-15/h2-7,9H,1H3,(H,16,18)(H,17,19). The van der Waals surface area contributed by atoms with Gasteiger partial charge in [-0.2, -0.15) is 5.26 Å². The van der Waals surface area contributed by atoms with E-state index in [-0.39, 0.29) is 5.91 Å². The predicted octanol–water partition coefficient (Wildman–Crippen LogP) is 2.66. The highest BCUT2D eigenvalue weighted by molar-refractivity contribution is 5.88. The summed E-state index contributed by atoms with van der Waals surface area (Å²) < 4.78 is 0. The number of nitriles is 1. The molecular formula is C14H12N4O. The van der Waals surface area contributed by atoms with Crippen molar-refractivity contribution in [3.05, 3.63) is 48.2 Å². The smallest absolute Gasteiger partial charge is 0.221 e. The molecule has 5 nitrogen and oxygen atoms in total. The molecular weight excluding hydrogens is 240 g/mol. The Balaban J connectivity index is 2.16. The third-order valence-corrected chi connectivity index (χ3v) is 2.39. The third kappa shape index (κ3) is 3.30. The third-order valence-electron chi connectivity index (χ3n) is 2.39. The van der Waals surface area contributed by atoms with Gasteiger partial charge in [-0.3, -0.25) is 4.79 Å². The Morgan fingerprint density at radius 3 is 2.68 bits per heavy atom. The maximum Gasteiger partial charge on any atom is 0.221 e. The first kappa shape index (κ1) is 12.6. The lowest BCUT2D eigenvalue weighted by molar-refractivity contribution is -0.114. The van der Waals surface area contributed by atoms with Crippen LogP contribution in [-0.2, 0) is 4.79 Å². The van der Waals surface area contributed by atoms with Gasteiger partial charge in [0.05, 0.1) is 23.1 Å². The number of para-hydroxylation sites is 1. The number of aromatic nitrogens is 1. The van der Waals surface area contributed by atoms with Crippen molar-refractivity contribution in [2.75, 3.05) is 10.6 Å². The number of hydrogen-bond donors (Lipinski definition) is 2. The number of nitrogens with zero attached hydrogens (tertiary/aromatic N) is 2. The number of amides is 1. The van der Waals surface area contributed by atoms with Crippen molar-refractivity contribution in [3.8, 4) is 6.07 Å². The number of rotatable bonds is 3. The zero-order valence-corrected chi connectivity index (χ0v) is 10.3. The molecule has 1 aromatic carbocycles. The molecule has 0 fully saturated rings. The zero-order valence-electron chi connectivity index (χ0n) is 10.3. The van der Waals surface area contributed by atoms with Gasteiger partial charge in [-0.15, -0.1) is 0 Å². The fourth-order valence-corrected chi connectivity index (χ4v) is 1.57. The first-order valence-corrected chi connectivity index (χ1v) is 5.69. The quantitative estimate of drug-likeness (QED) is 0.880. The molecule has 2 aromatic rings. The van der Waals surface area contributed by atoms with Crippen LogP contribution in [0.25, 0.3) is 0 Å². The number of hydrogen-bond acceptors (Lipinski definition) is 4. The van der Waals surface area contributed by atoms with Crippen LogP contribution in [0.1, 0.15) is 12.5 Å². The maximum absolute atomic E-state index is 10.9. The van der Waals surface area contributed by atoms with E-state index >= 15 is 0 Å². The lowest BCUT2D eigenvalue weighted by atomic mass is 10.2. The van der Waals surface area contributed by atoms with E-state index < -0.39 is 0 Å². The van der Waals surface area contributed by atoms with Gasteiger partial charge >= 0.3 is 0 Å². The molecule has 0 radical (unpaired) electrons. The predicted molar refractivity (Wildman–Crippen MR) is 73.0 cm³/mol. The van der Waals surface area contributed by atoms with Crippen LogP contribution in [0, 0.1) is 11.3 Å². The molecule has 19 heavy (non-hydrogen) atoms. The number of carbonyl (C=O) groups excluding carboxylic acids is 1. The van der Waals surface area contributed by atoms with Gasteiger partial charge in [0.15, 0.2) is 0 Å². The zero-order chi connectivity index (χ0) is 13.7. The van der Waals surface area contributed by atoms with Crippen molar-refractivity contribution in [3.63, 3.8) is 0 Å². The van der Waals surface area contributed by atoms with Crippen LogP contribution < -0.4 is 10.6 Å². The Kier molecular flexibility index (Phi) is 3.74. The van der Waals surface area contributed by atoms with Crippen LogP contribution in [0.5, 0.6) is 0 Å². The lowest BCUT2D eigenvalue weighted by Gasteiger charge is -2.08. The molecule has 0 aliphatic rings. The monoisotopic (exact) mass is 252 g/mol. The van der Waals surface area contributed by atoms with Crippen LogP contribution in [0.3, 0.4) is 0 Å². The molecule has 0 aliphatic heterocycles. The second-order valence-corrected chi connectivity index (χ2v) is 3.90. The van der Waals surface area contributed by atoms with Gasteiger partial charge in [0, 0.05) is 6.92 Å². The van der Waals surface area contributed by atoms with Gasteiger partial charge in [-0.25, -0.2) is 4.98 Å². The van der Waals surface area contributed by atoms with E-state index in [4.69, 9.17) is 5.26 Å². The summed E-state index contributed by atoms with van der Waals surface area (Å²) in [5.74, 6) is 0.467. The summed E-state index contributed by atoms with van der Waals surface area (Å²) >= 11 is 0. The highest BCUT2D eigenvalue weighted by atomic mass is 16.1. The second-order valence-electron chi connectivity index (χ2n) is 3.90. The average Bonchev–Trinajstić information content (AvgIpc) is 2.41. The number of benzene rings is 1. The normalized spacial score (nSPS) is 9.47. The van der Waals surface area contributed by atoms with Gasteiger partial charge in [0.2, 0.25) is 5.91 Å². The SMILES string of the molecule is CC(=O)Nc1ccc(Nc2ccccc2C#N)nc1. The number of nitrogens with one attached hydrogen (secondary N) is 2. The molecule has 0 saturated carbocycles. The van der Waals surface area contributed by atoms with Crippen LogP contribution >= 0.6 is 0 Å². The molecule has 0 unspecified atom stereocenters. The van der Waals surface area contributed by atoms with Crippen LogP contribution in [0.4, 0.5) is 17.2 Å². The van der Waals surface area contributed by atoms with E-state index in [9.17, 15) is 4.79 Å². The highest BCUT2D eigenvalue weighted by Gasteiger charge is 2.02. The van der Waals surface area contributed by atoms with Crippen molar-refractivity contribution in [1.82, 2.24) is 4.98 Å². The molecule has 5 heteroatoms. The topological polar surface area (TPSA) is 77.8 Å². The van der Waals surface area contributed by atoms with Crippen molar-refractivity contribution < 1.29 is 4.79 Å².